The third-order valence-electron chi connectivity index (χ3n) is 2.76. The Kier molecular flexibility index (Phi) is 5.57. The molecule has 0 saturated carbocycles. The number of esters is 1. The summed E-state index contributed by atoms with van der Waals surface area (Å²) in [5.41, 5.74) is 0.488. The first kappa shape index (κ1) is 16.4. The van der Waals surface area contributed by atoms with Gasteiger partial charge in [0.15, 0.2) is 6.61 Å². The first-order chi connectivity index (χ1) is 11.0. The van der Waals surface area contributed by atoms with Crippen molar-refractivity contribution < 1.29 is 23.1 Å². The number of amides is 1. The summed E-state index contributed by atoms with van der Waals surface area (Å²) in [6.07, 6.45) is 2.71. The number of hydrogen-bond donors (Lipinski definition) is 1. The summed E-state index contributed by atoms with van der Waals surface area (Å²) in [6, 6.07) is 11.7. The molecule has 0 spiro atoms. The van der Waals surface area contributed by atoms with Crippen LogP contribution in [0.4, 0.5) is 14.5 Å². The van der Waals surface area contributed by atoms with Gasteiger partial charge in [0, 0.05) is 12.1 Å². The number of ether oxygens (including phenoxy) is 1. The van der Waals surface area contributed by atoms with Gasteiger partial charge in [0.1, 0.15) is 11.6 Å². The van der Waals surface area contributed by atoms with E-state index in [1.54, 1.807) is 12.1 Å². The number of rotatable bonds is 5. The molecule has 2 aromatic rings. The lowest BCUT2D eigenvalue weighted by molar-refractivity contribution is -0.142. The monoisotopic (exact) mass is 317 g/mol. The predicted molar refractivity (Wildman–Crippen MR) is 81.4 cm³/mol. The van der Waals surface area contributed by atoms with Gasteiger partial charge < -0.3 is 10.1 Å². The largest absolute Gasteiger partial charge is 0.452 e. The van der Waals surface area contributed by atoms with E-state index in [9.17, 15) is 18.4 Å². The van der Waals surface area contributed by atoms with Crippen LogP contribution in [0.5, 0.6) is 0 Å². The van der Waals surface area contributed by atoms with E-state index in [2.05, 4.69) is 5.32 Å². The van der Waals surface area contributed by atoms with Crippen LogP contribution in [0.1, 0.15) is 5.56 Å². The molecule has 118 valence electrons. The van der Waals surface area contributed by atoms with Crippen LogP contribution in [0.15, 0.2) is 54.6 Å². The third kappa shape index (κ3) is 5.35. The zero-order valence-electron chi connectivity index (χ0n) is 12.0. The maximum absolute atomic E-state index is 13.3. The number of nitrogens with one attached hydrogen (secondary N) is 1. The van der Waals surface area contributed by atoms with Gasteiger partial charge >= 0.3 is 5.97 Å². The molecule has 0 aromatic heterocycles. The Morgan fingerprint density at radius 2 is 1.83 bits per heavy atom. The molecule has 4 nitrogen and oxygen atoms in total. The maximum atomic E-state index is 13.3. The fraction of sp³-hybridized carbons (Fsp3) is 0.0588. The van der Waals surface area contributed by atoms with E-state index in [0.717, 1.165) is 23.8 Å². The van der Waals surface area contributed by atoms with E-state index in [1.807, 2.05) is 18.2 Å². The standard InChI is InChI=1S/C17H13F2NO3/c18-13-7-8-14(19)15(10-13)20-16(21)11-23-17(22)9-6-12-4-2-1-3-5-12/h1-10H,11H2,(H,20,21). The highest BCUT2D eigenvalue weighted by atomic mass is 19.1. The SMILES string of the molecule is O=C(COC(=O)C=Cc1ccccc1)Nc1cc(F)ccc1F. The number of anilines is 1. The Balaban J connectivity index is 1.83. The molecular formula is C17H13F2NO3. The van der Waals surface area contributed by atoms with Crippen LogP contribution in [0.2, 0.25) is 0 Å². The van der Waals surface area contributed by atoms with Gasteiger partial charge in [-0.3, -0.25) is 4.79 Å². The van der Waals surface area contributed by atoms with Crippen LogP contribution in [0.3, 0.4) is 0 Å². The summed E-state index contributed by atoms with van der Waals surface area (Å²) < 4.78 is 31.0. The average Bonchev–Trinajstić information content (AvgIpc) is 2.55. The Hall–Kier alpha value is -3.02. The minimum absolute atomic E-state index is 0.314. The smallest absolute Gasteiger partial charge is 0.331 e. The third-order valence-corrected chi connectivity index (χ3v) is 2.76. The van der Waals surface area contributed by atoms with Gasteiger partial charge in [0.2, 0.25) is 0 Å². The van der Waals surface area contributed by atoms with Crippen LogP contribution >= 0.6 is 0 Å². The van der Waals surface area contributed by atoms with Crippen LogP contribution < -0.4 is 5.32 Å². The predicted octanol–water partition coefficient (Wildman–Crippen LogP) is 3.16. The van der Waals surface area contributed by atoms with Crippen LogP contribution in [-0.2, 0) is 14.3 Å². The van der Waals surface area contributed by atoms with Crippen molar-refractivity contribution in [3.63, 3.8) is 0 Å². The van der Waals surface area contributed by atoms with Crippen LogP contribution in [0, 0.1) is 11.6 Å². The van der Waals surface area contributed by atoms with Crippen molar-refractivity contribution in [2.45, 2.75) is 0 Å². The molecule has 0 unspecified atom stereocenters. The lowest BCUT2D eigenvalue weighted by Gasteiger charge is -2.06. The summed E-state index contributed by atoms with van der Waals surface area (Å²) in [6.45, 7) is -0.603. The van der Waals surface area contributed by atoms with Gasteiger partial charge in [0.05, 0.1) is 5.69 Å². The number of halogens is 2. The van der Waals surface area contributed by atoms with Gasteiger partial charge in [-0.2, -0.15) is 0 Å². The molecule has 1 N–H and O–H groups in total. The second-order valence-corrected chi connectivity index (χ2v) is 4.52. The molecule has 1 amide bonds. The van der Waals surface area contributed by atoms with Gasteiger partial charge in [-0.25, -0.2) is 13.6 Å². The molecular weight excluding hydrogens is 304 g/mol. The van der Waals surface area contributed by atoms with E-state index in [-0.39, 0.29) is 5.69 Å². The highest BCUT2D eigenvalue weighted by Crippen LogP contribution is 2.14. The van der Waals surface area contributed by atoms with E-state index < -0.39 is 30.1 Å². The lowest BCUT2D eigenvalue weighted by Crippen LogP contribution is -2.20. The Labute approximate surface area is 131 Å². The molecule has 0 aliphatic rings. The summed E-state index contributed by atoms with van der Waals surface area (Å²) in [5.74, 6) is -2.96. The molecule has 6 heteroatoms. The van der Waals surface area contributed by atoms with Gasteiger partial charge in [0.25, 0.3) is 5.91 Å². The molecule has 0 heterocycles. The van der Waals surface area contributed by atoms with E-state index in [1.165, 1.54) is 12.2 Å². The number of carbonyl (C=O) groups is 2. The van der Waals surface area contributed by atoms with Crippen molar-refractivity contribution in [1.82, 2.24) is 0 Å². The second-order valence-electron chi connectivity index (χ2n) is 4.52. The normalized spacial score (nSPS) is 10.5. The highest BCUT2D eigenvalue weighted by Gasteiger charge is 2.09. The number of carbonyl (C=O) groups excluding carboxylic acids is 2. The first-order valence-electron chi connectivity index (χ1n) is 6.69. The fourth-order valence-electron chi connectivity index (χ4n) is 1.69. The van der Waals surface area contributed by atoms with Crippen molar-refractivity contribution in [3.8, 4) is 0 Å². The molecule has 2 rings (SSSR count). The molecule has 0 bridgehead atoms. The summed E-state index contributed by atoms with van der Waals surface area (Å²) in [4.78, 5) is 23.0. The van der Waals surface area contributed by atoms with E-state index >= 15 is 0 Å². The average molecular weight is 317 g/mol. The number of benzene rings is 2. The summed E-state index contributed by atoms with van der Waals surface area (Å²) >= 11 is 0. The van der Waals surface area contributed by atoms with Crippen molar-refractivity contribution >= 4 is 23.6 Å². The Morgan fingerprint density at radius 3 is 2.57 bits per heavy atom. The fourth-order valence-corrected chi connectivity index (χ4v) is 1.69. The number of hydrogen-bond acceptors (Lipinski definition) is 3. The zero-order valence-corrected chi connectivity index (χ0v) is 12.0. The molecule has 2 aromatic carbocycles. The van der Waals surface area contributed by atoms with E-state index in [0.29, 0.717) is 0 Å². The second kappa shape index (κ2) is 7.84. The summed E-state index contributed by atoms with van der Waals surface area (Å²) in [5, 5.41) is 2.12. The lowest BCUT2D eigenvalue weighted by atomic mass is 10.2. The quantitative estimate of drug-likeness (QED) is 0.681. The first-order valence-corrected chi connectivity index (χ1v) is 6.69. The topological polar surface area (TPSA) is 55.4 Å². The van der Waals surface area contributed by atoms with E-state index in [4.69, 9.17) is 4.74 Å². The Morgan fingerprint density at radius 1 is 1.09 bits per heavy atom. The highest BCUT2D eigenvalue weighted by molar-refractivity contribution is 5.94. The molecule has 0 aliphatic heterocycles. The van der Waals surface area contributed by atoms with Crippen molar-refractivity contribution in [1.29, 1.82) is 0 Å². The van der Waals surface area contributed by atoms with Gasteiger partial charge in [-0.05, 0) is 23.8 Å². The molecule has 0 fully saturated rings. The molecule has 0 radical (unpaired) electrons. The minimum atomic E-state index is -0.782. The van der Waals surface area contributed by atoms with Gasteiger partial charge in [-0.15, -0.1) is 0 Å². The minimum Gasteiger partial charge on any atom is -0.452 e. The zero-order chi connectivity index (χ0) is 16.7. The molecule has 23 heavy (non-hydrogen) atoms. The molecule has 0 saturated heterocycles. The van der Waals surface area contributed by atoms with Crippen molar-refractivity contribution in [3.05, 3.63) is 71.8 Å². The van der Waals surface area contributed by atoms with Crippen molar-refractivity contribution in [2.24, 2.45) is 0 Å². The molecule has 0 aliphatic carbocycles. The Bertz CT molecular complexity index is 730. The summed E-state index contributed by atoms with van der Waals surface area (Å²) in [7, 11) is 0. The maximum Gasteiger partial charge on any atom is 0.331 e. The molecule has 0 atom stereocenters. The van der Waals surface area contributed by atoms with Crippen LogP contribution in [-0.4, -0.2) is 18.5 Å². The van der Waals surface area contributed by atoms with Crippen molar-refractivity contribution in [2.75, 3.05) is 11.9 Å². The van der Waals surface area contributed by atoms with Crippen LogP contribution in [0.25, 0.3) is 6.08 Å². The van der Waals surface area contributed by atoms with Gasteiger partial charge in [-0.1, -0.05) is 30.3 Å².